The second-order valence-corrected chi connectivity index (χ2v) is 4.86. The number of anilines is 2. The van der Waals surface area contributed by atoms with E-state index in [-0.39, 0.29) is 5.91 Å². The summed E-state index contributed by atoms with van der Waals surface area (Å²) < 4.78 is 5.99. The van der Waals surface area contributed by atoms with Gasteiger partial charge >= 0.3 is 0 Å². The van der Waals surface area contributed by atoms with Crippen molar-refractivity contribution in [3.05, 3.63) is 46.6 Å². The average Bonchev–Trinajstić information content (AvgIpc) is 2.44. The van der Waals surface area contributed by atoms with Crippen molar-refractivity contribution in [3.8, 4) is 5.88 Å². The van der Waals surface area contributed by atoms with Crippen LogP contribution in [-0.4, -0.2) is 17.5 Å². The highest BCUT2D eigenvalue weighted by atomic mass is 79.9. The van der Waals surface area contributed by atoms with E-state index in [1.807, 2.05) is 6.92 Å². The molecule has 1 amide bonds. The van der Waals surface area contributed by atoms with Crippen molar-refractivity contribution < 1.29 is 9.53 Å². The summed E-state index contributed by atoms with van der Waals surface area (Å²) in [6.45, 7) is 2.44. The molecule has 0 unspecified atom stereocenters. The Bertz CT molecular complexity index is 614. The Morgan fingerprint density at radius 1 is 1.40 bits per heavy atom. The molecular weight excluding hydrogens is 322 g/mol. The van der Waals surface area contributed by atoms with Crippen molar-refractivity contribution in [1.82, 2.24) is 4.98 Å². The molecule has 0 aliphatic rings. The van der Waals surface area contributed by atoms with Crippen LogP contribution in [0.1, 0.15) is 17.3 Å². The smallest absolute Gasteiger partial charge is 0.255 e. The van der Waals surface area contributed by atoms with Gasteiger partial charge in [0, 0.05) is 21.8 Å². The lowest BCUT2D eigenvalue weighted by Crippen LogP contribution is -2.12. The van der Waals surface area contributed by atoms with E-state index in [0.717, 1.165) is 4.47 Å². The number of rotatable bonds is 4. The third-order valence-electron chi connectivity index (χ3n) is 2.54. The quantitative estimate of drug-likeness (QED) is 0.841. The molecule has 0 bridgehead atoms. The van der Waals surface area contributed by atoms with Crippen LogP contribution in [0.3, 0.4) is 0 Å². The summed E-state index contributed by atoms with van der Waals surface area (Å²) in [5.41, 5.74) is 7.35. The van der Waals surface area contributed by atoms with Crippen LogP contribution in [-0.2, 0) is 0 Å². The van der Waals surface area contributed by atoms with E-state index in [0.29, 0.717) is 29.4 Å². The molecule has 2 rings (SSSR count). The number of hydrogen-bond acceptors (Lipinski definition) is 4. The Morgan fingerprint density at radius 3 is 2.80 bits per heavy atom. The van der Waals surface area contributed by atoms with Crippen LogP contribution in [0.4, 0.5) is 11.4 Å². The van der Waals surface area contributed by atoms with E-state index in [9.17, 15) is 4.79 Å². The molecule has 0 aliphatic heterocycles. The third kappa shape index (κ3) is 3.48. The number of halogens is 1. The van der Waals surface area contributed by atoms with Gasteiger partial charge in [0.25, 0.3) is 5.91 Å². The van der Waals surface area contributed by atoms with Crippen molar-refractivity contribution in [2.24, 2.45) is 0 Å². The van der Waals surface area contributed by atoms with E-state index in [1.165, 1.54) is 0 Å². The number of nitrogens with one attached hydrogen (secondary N) is 1. The molecule has 0 saturated heterocycles. The molecular formula is C14H14BrN3O2. The van der Waals surface area contributed by atoms with Gasteiger partial charge in [-0.15, -0.1) is 0 Å². The highest BCUT2D eigenvalue weighted by Crippen LogP contribution is 2.21. The summed E-state index contributed by atoms with van der Waals surface area (Å²) in [6, 6.07) is 8.48. The van der Waals surface area contributed by atoms with E-state index in [1.54, 1.807) is 36.5 Å². The highest BCUT2D eigenvalue weighted by molar-refractivity contribution is 9.10. The second kappa shape index (κ2) is 6.38. The molecule has 104 valence electrons. The van der Waals surface area contributed by atoms with Crippen molar-refractivity contribution in [3.63, 3.8) is 0 Å². The van der Waals surface area contributed by atoms with Gasteiger partial charge in [-0.25, -0.2) is 4.98 Å². The molecule has 0 fully saturated rings. The van der Waals surface area contributed by atoms with Crippen molar-refractivity contribution >= 4 is 33.2 Å². The van der Waals surface area contributed by atoms with Crippen molar-refractivity contribution in [2.75, 3.05) is 17.7 Å². The Labute approximate surface area is 125 Å². The van der Waals surface area contributed by atoms with Gasteiger partial charge in [-0.1, -0.05) is 0 Å². The van der Waals surface area contributed by atoms with Gasteiger partial charge < -0.3 is 15.8 Å². The summed E-state index contributed by atoms with van der Waals surface area (Å²) in [5, 5.41) is 2.75. The van der Waals surface area contributed by atoms with Gasteiger partial charge in [0.2, 0.25) is 5.88 Å². The monoisotopic (exact) mass is 335 g/mol. The average molecular weight is 336 g/mol. The minimum Gasteiger partial charge on any atom is -0.478 e. The number of nitrogen functional groups attached to an aromatic ring is 1. The van der Waals surface area contributed by atoms with Gasteiger partial charge in [-0.2, -0.15) is 0 Å². The lowest BCUT2D eigenvalue weighted by atomic mass is 10.2. The standard InChI is InChI=1S/C14H14BrN3O2/c1-2-20-13-6-4-10(8-17-13)18-14(19)9-3-5-11(15)12(16)7-9/h3-8H,2,16H2,1H3,(H,18,19). The first-order chi connectivity index (χ1) is 9.60. The molecule has 6 heteroatoms. The predicted molar refractivity (Wildman–Crippen MR) is 81.9 cm³/mol. The number of nitrogens with two attached hydrogens (primary N) is 1. The number of carbonyl (C=O) groups is 1. The van der Waals surface area contributed by atoms with Crippen LogP contribution in [0.2, 0.25) is 0 Å². The zero-order valence-electron chi connectivity index (χ0n) is 10.9. The molecule has 20 heavy (non-hydrogen) atoms. The van der Waals surface area contributed by atoms with Crippen LogP contribution < -0.4 is 15.8 Å². The molecule has 1 heterocycles. The summed E-state index contributed by atoms with van der Waals surface area (Å²) >= 11 is 3.29. The first kappa shape index (κ1) is 14.3. The maximum Gasteiger partial charge on any atom is 0.255 e. The zero-order valence-corrected chi connectivity index (χ0v) is 12.5. The number of hydrogen-bond donors (Lipinski definition) is 2. The zero-order chi connectivity index (χ0) is 14.5. The van der Waals surface area contributed by atoms with E-state index >= 15 is 0 Å². The van der Waals surface area contributed by atoms with Crippen molar-refractivity contribution in [1.29, 1.82) is 0 Å². The fourth-order valence-corrected chi connectivity index (χ4v) is 1.82. The maximum atomic E-state index is 12.0. The van der Waals surface area contributed by atoms with Gasteiger partial charge in [0.15, 0.2) is 0 Å². The second-order valence-electron chi connectivity index (χ2n) is 4.01. The lowest BCUT2D eigenvalue weighted by Gasteiger charge is -2.07. The Morgan fingerprint density at radius 2 is 2.20 bits per heavy atom. The first-order valence-electron chi connectivity index (χ1n) is 6.05. The highest BCUT2D eigenvalue weighted by Gasteiger charge is 2.08. The van der Waals surface area contributed by atoms with Gasteiger partial charge in [0.1, 0.15) is 0 Å². The number of nitrogens with zero attached hydrogens (tertiary/aromatic N) is 1. The Hall–Kier alpha value is -2.08. The number of amides is 1. The molecule has 5 nitrogen and oxygen atoms in total. The minimum atomic E-state index is -0.241. The van der Waals surface area contributed by atoms with E-state index in [2.05, 4.69) is 26.2 Å². The van der Waals surface area contributed by atoms with E-state index in [4.69, 9.17) is 10.5 Å². The SMILES string of the molecule is CCOc1ccc(NC(=O)c2ccc(Br)c(N)c2)cn1. The predicted octanol–water partition coefficient (Wildman–Crippen LogP) is 3.08. The fraction of sp³-hybridized carbons (Fsp3) is 0.143. The number of carbonyl (C=O) groups excluding carboxylic acids is 1. The largest absolute Gasteiger partial charge is 0.478 e. The van der Waals surface area contributed by atoms with Crippen LogP contribution in [0.5, 0.6) is 5.88 Å². The summed E-state index contributed by atoms with van der Waals surface area (Å²) in [5.74, 6) is 0.286. The fourth-order valence-electron chi connectivity index (χ4n) is 1.58. The molecule has 0 spiro atoms. The maximum absolute atomic E-state index is 12.0. The normalized spacial score (nSPS) is 10.1. The molecule has 0 saturated carbocycles. The topological polar surface area (TPSA) is 77.2 Å². The molecule has 0 radical (unpaired) electrons. The number of ether oxygens (including phenoxy) is 1. The Kier molecular flexibility index (Phi) is 4.57. The number of benzene rings is 1. The number of pyridine rings is 1. The summed E-state index contributed by atoms with van der Waals surface area (Å²) in [6.07, 6.45) is 1.55. The molecule has 0 atom stereocenters. The molecule has 0 aliphatic carbocycles. The number of aromatic nitrogens is 1. The van der Waals surface area contributed by atoms with Crippen LogP contribution in [0.15, 0.2) is 41.0 Å². The summed E-state index contributed by atoms with van der Waals surface area (Å²) in [4.78, 5) is 16.1. The summed E-state index contributed by atoms with van der Waals surface area (Å²) in [7, 11) is 0. The Balaban J connectivity index is 2.08. The van der Waals surface area contributed by atoms with Gasteiger partial charge in [-0.3, -0.25) is 4.79 Å². The van der Waals surface area contributed by atoms with Gasteiger partial charge in [0.05, 0.1) is 18.5 Å². The third-order valence-corrected chi connectivity index (χ3v) is 3.27. The molecule has 1 aromatic heterocycles. The van der Waals surface area contributed by atoms with E-state index < -0.39 is 0 Å². The molecule has 3 N–H and O–H groups in total. The van der Waals surface area contributed by atoms with Crippen LogP contribution in [0.25, 0.3) is 0 Å². The van der Waals surface area contributed by atoms with Crippen LogP contribution in [0, 0.1) is 0 Å². The lowest BCUT2D eigenvalue weighted by molar-refractivity contribution is 0.102. The van der Waals surface area contributed by atoms with Crippen molar-refractivity contribution in [2.45, 2.75) is 6.92 Å². The molecule has 1 aromatic carbocycles. The molecule has 2 aromatic rings. The first-order valence-corrected chi connectivity index (χ1v) is 6.84. The van der Waals surface area contributed by atoms with Crippen LogP contribution >= 0.6 is 15.9 Å². The minimum absolute atomic E-state index is 0.241. The van der Waals surface area contributed by atoms with Gasteiger partial charge in [-0.05, 0) is 47.1 Å².